The van der Waals surface area contributed by atoms with E-state index < -0.39 is 0 Å². The molecule has 6 nitrogen and oxygen atoms in total. The molecule has 0 unspecified atom stereocenters. The van der Waals surface area contributed by atoms with Crippen LogP contribution in [0.5, 0.6) is 0 Å². The highest BCUT2D eigenvalue weighted by Gasteiger charge is 2.03. The molecule has 0 aliphatic heterocycles. The Morgan fingerprint density at radius 1 is 1.00 bits per heavy atom. The Morgan fingerprint density at radius 3 is 2.40 bits per heavy atom. The van der Waals surface area contributed by atoms with Crippen LogP contribution in [0.1, 0.15) is 5.56 Å². The third kappa shape index (κ3) is 4.63. The number of anilines is 4. The van der Waals surface area contributed by atoms with Gasteiger partial charge in [-0.2, -0.15) is 10.1 Å². The van der Waals surface area contributed by atoms with E-state index in [0.717, 1.165) is 16.9 Å². The Bertz CT molecular complexity index is 818. The van der Waals surface area contributed by atoms with Gasteiger partial charge >= 0.3 is 0 Å². The molecule has 0 bridgehead atoms. The SMILES string of the molecule is CN(C)c1ccc(Nc2nncc(NCc3ccc(F)cc3)n2)cc1. The monoisotopic (exact) mass is 338 g/mol. The van der Waals surface area contributed by atoms with E-state index in [-0.39, 0.29) is 5.82 Å². The van der Waals surface area contributed by atoms with Gasteiger partial charge in [0.15, 0.2) is 5.82 Å². The van der Waals surface area contributed by atoms with E-state index in [1.165, 1.54) is 12.1 Å². The summed E-state index contributed by atoms with van der Waals surface area (Å²) in [6, 6.07) is 14.2. The molecule has 0 fully saturated rings. The number of nitrogens with zero attached hydrogens (tertiary/aromatic N) is 4. The zero-order valence-corrected chi connectivity index (χ0v) is 14.1. The minimum absolute atomic E-state index is 0.251. The van der Waals surface area contributed by atoms with Gasteiger partial charge in [-0.15, -0.1) is 5.10 Å². The van der Waals surface area contributed by atoms with Crippen molar-refractivity contribution in [2.75, 3.05) is 29.6 Å². The van der Waals surface area contributed by atoms with Crippen molar-refractivity contribution in [3.05, 3.63) is 66.1 Å². The first-order valence-corrected chi connectivity index (χ1v) is 7.82. The van der Waals surface area contributed by atoms with E-state index in [2.05, 4.69) is 25.8 Å². The van der Waals surface area contributed by atoms with Crippen LogP contribution in [0.3, 0.4) is 0 Å². The van der Waals surface area contributed by atoms with Crippen LogP contribution in [-0.2, 0) is 6.54 Å². The lowest BCUT2D eigenvalue weighted by Crippen LogP contribution is -2.08. The molecule has 2 aromatic carbocycles. The molecular formula is C18H19FN6. The zero-order chi connectivity index (χ0) is 17.6. The molecule has 0 saturated heterocycles. The number of hydrogen-bond acceptors (Lipinski definition) is 6. The number of rotatable bonds is 6. The predicted octanol–water partition coefficient (Wildman–Crippen LogP) is 3.43. The van der Waals surface area contributed by atoms with Crippen molar-refractivity contribution in [2.24, 2.45) is 0 Å². The first-order valence-electron chi connectivity index (χ1n) is 7.82. The Kier molecular flexibility index (Phi) is 5.03. The molecule has 3 rings (SSSR count). The molecule has 0 aliphatic rings. The molecule has 7 heteroatoms. The first-order chi connectivity index (χ1) is 12.1. The molecule has 0 amide bonds. The lowest BCUT2D eigenvalue weighted by Gasteiger charge is -2.13. The fourth-order valence-electron chi connectivity index (χ4n) is 2.21. The van der Waals surface area contributed by atoms with Gasteiger partial charge in [-0.05, 0) is 42.0 Å². The van der Waals surface area contributed by atoms with Crippen LogP contribution in [-0.4, -0.2) is 29.3 Å². The summed E-state index contributed by atoms with van der Waals surface area (Å²) in [5.74, 6) is 0.743. The molecule has 0 aliphatic carbocycles. The van der Waals surface area contributed by atoms with Crippen molar-refractivity contribution in [3.63, 3.8) is 0 Å². The van der Waals surface area contributed by atoms with E-state index in [9.17, 15) is 4.39 Å². The fourth-order valence-corrected chi connectivity index (χ4v) is 2.21. The Morgan fingerprint density at radius 2 is 1.72 bits per heavy atom. The third-order valence-corrected chi connectivity index (χ3v) is 3.59. The van der Waals surface area contributed by atoms with Gasteiger partial charge in [-0.3, -0.25) is 0 Å². The lowest BCUT2D eigenvalue weighted by atomic mass is 10.2. The van der Waals surface area contributed by atoms with E-state index in [1.807, 2.05) is 43.3 Å². The summed E-state index contributed by atoms with van der Waals surface area (Å²) in [5, 5.41) is 14.2. The predicted molar refractivity (Wildman–Crippen MR) is 97.6 cm³/mol. The number of aromatic nitrogens is 3. The average Bonchev–Trinajstić information content (AvgIpc) is 2.62. The summed E-state index contributed by atoms with van der Waals surface area (Å²) in [6.45, 7) is 0.524. The molecule has 2 N–H and O–H groups in total. The highest BCUT2D eigenvalue weighted by atomic mass is 19.1. The van der Waals surface area contributed by atoms with Crippen LogP contribution in [0.2, 0.25) is 0 Å². The quantitative estimate of drug-likeness (QED) is 0.718. The van der Waals surface area contributed by atoms with Gasteiger partial charge in [-0.25, -0.2) is 4.39 Å². The van der Waals surface area contributed by atoms with Crippen molar-refractivity contribution in [1.29, 1.82) is 0 Å². The highest BCUT2D eigenvalue weighted by Crippen LogP contribution is 2.18. The van der Waals surface area contributed by atoms with Crippen molar-refractivity contribution in [3.8, 4) is 0 Å². The molecule has 1 heterocycles. The van der Waals surface area contributed by atoms with Crippen LogP contribution < -0.4 is 15.5 Å². The van der Waals surface area contributed by atoms with E-state index in [0.29, 0.717) is 18.3 Å². The summed E-state index contributed by atoms with van der Waals surface area (Å²) in [4.78, 5) is 6.41. The number of nitrogens with one attached hydrogen (secondary N) is 2. The minimum atomic E-state index is -0.251. The second-order valence-corrected chi connectivity index (χ2v) is 5.71. The molecular weight excluding hydrogens is 319 g/mol. The Balaban J connectivity index is 1.63. The summed E-state index contributed by atoms with van der Waals surface area (Å²) >= 11 is 0. The normalized spacial score (nSPS) is 10.4. The minimum Gasteiger partial charge on any atom is -0.378 e. The molecule has 0 atom stereocenters. The lowest BCUT2D eigenvalue weighted by molar-refractivity contribution is 0.627. The second kappa shape index (κ2) is 7.57. The zero-order valence-electron chi connectivity index (χ0n) is 14.1. The smallest absolute Gasteiger partial charge is 0.249 e. The largest absolute Gasteiger partial charge is 0.378 e. The van der Waals surface area contributed by atoms with Crippen LogP contribution in [0.4, 0.5) is 27.5 Å². The molecule has 128 valence electrons. The summed E-state index contributed by atoms with van der Waals surface area (Å²) < 4.78 is 12.9. The number of benzene rings is 2. The third-order valence-electron chi connectivity index (χ3n) is 3.59. The fraction of sp³-hybridized carbons (Fsp3) is 0.167. The van der Waals surface area contributed by atoms with Gasteiger partial charge < -0.3 is 15.5 Å². The summed E-state index contributed by atoms with van der Waals surface area (Å²) in [7, 11) is 3.98. The van der Waals surface area contributed by atoms with E-state index >= 15 is 0 Å². The van der Waals surface area contributed by atoms with Crippen LogP contribution >= 0.6 is 0 Å². The van der Waals surface area contributed by atoms with Crippen LogP contribution in [0, 0.1) is 5.82 Å². The van der Waals surface area contributed by atoms with Gasteiger partial charge in [0.1, 0.15) is 5.82 Å². The Labute approximate surface area is 145 Å². The second-order valence-electron chi connectivity index (χ2n) is 5.71. The molecule has 25 heavy (non-hydrogen) atoms. The van der Waals surface area contributed by atoms with Crippen molar-refractivity contribution < 1.29 is 4.39 Å². The summed E-state index contributed by atoms with van der Waals surface area (Å²) in [5.41, 5.74) is 2.94. The molecule has 0 saturated carbocycles. The molecule has 1 aromatic heterocycles. The molecule has 0 spiro atoms. The maximum Gasteiger partial charge on any atom is 0.249 e. The molecule has 3 aromatic rings. The first kappa shape index (κ1) is 16.6. The van der Waals surface area contributed by atoms with E-state index in [1.54, 1.807) is 18.3 Å². The maximum absolute atomic E-state index is 12.9. The van der Waals surface area contributed by atoms with Crippen molar-refractivity contribution in [2.45, 2.75) is 6.54 Å². The Hall–Kier alpha value is -3.22. The van der Waals surface area contributed by atoms with Gasteiger partial charge in [0.05, 0.1) is 6.20 Å². The van der Waals surface area contributed by atoms with E-state index in [4.69, 9.17) is 0 Å². The topological polar surface area (TPSA) is 66.0 Å². The van der Waals surface area contributed by atoms with Crippen molar-refractivity contribution in [1.82, 2.24) is 15.2 Å². The van der Waals surface area contributed by atoms with Crippen LogP contribution in [0.25, 0.3) is 0 Å². The van der Waals surface area contributed by atoms with Gasteiger partial charge in [0.2, 0.25) is 5.95 Å². The van der Waals surface area contributed by atoms with Gasteiger partial charge in [-0.1, -0.05) is 12.1 Å². The maximum atomic E-state index is 12.9. The number of hydrogen-bond donors (Lipinski definition) is 2. The van der Waals surface area contributed by atoms with Gasteiger partial charge in [0, 0.05) is 32.0 Å². The average molecular weight is 338 g/mol. The number of halogens is 1. The van der Waals surface area contributed by atoms with Crippen LogP contribution in [0.15, 0.2) is 54.7 Å². The molecule has 0 radical (unpaired) electrons. The summed E-state index contributed by atoms with van der Waals surface area (Å²) in [6.07, 6.45) is 1.55. The van der Waals surface area contributed by atoms with Gasteiger partial charge in [0.25, 0.3) is 0 Å². The van der Waals surface area contributed by atoms with Crippen molar-refractivity contribution >= 4 is 23.1 Å². The highest BCUT2D eigenvalue weighted by molar-refractivity contribution is 5.59. The standard InChI is InChI=1S/C18H19FN6/c1-25(2)16-9-7-15(8-10-16)22-18-23-17(12-21-24-18)20-11-13-3-5-14(19)6-4-13/h3-10,12H,11H2,1-2H3,(H2,20,22,23,24).